The first kappa shape index (κ1) is 19.0. The normalized spacial score (nSPS) is 12.0. The number of nitrogens with one attached hydrogen (secondary N) is 1. The van der Waals surface area contributed by atoms with Crippen LogP contribution in [0.15, 0.2) is 58.5 Å². The minimum Gasteiger partial charge on any atom is -0.427 e. The lowest BCUT2D eigenvalue weighted by atomic mass is 10.2. The van der Waals surface area contributed by atoms with Crippen molar-refractivity contribution < 1.29 is 14.3 Å². The number of thioether (sulfide) groups is 1. The van der Waals surface area contributed by atoms with Crippen LogP contribution in [0.2, 0.25) is 5.02 Å². The lowest BCUT2D eigenvalue weighted by molar-refractivity contribution is -0.131. The van der Waals surface area contributed by atoms with E-state index in [1.807, 2.05) is 12.1 Å². The molecule has 25 heavy (non-hydrogen) atoms. The topological polar surface area (TPSA) is 67.8 Å². The van der Waals surface area contributed by atoms with E-state index in [9.17, 15) is 9.59 Å². The van der Waals surface area contributed by atoms with E-state index in [0.29, 0.717) is 10.8 Å². The van der Waals surface area contributed by atoms with E-state index >= 15 is 0 Å². The summed E-state index contributed by atoms with van der Waals surface area (Å²) in [6.07, 6.45) is 1.52. The monoisotopic (exact) mass is 376 g/mol. The molecule has 1 N–H and O–H groups in total. The summed E-state index contributed by atoms with van der Waals surface area (Å²) < 4.78 is 4.94. The second kappa shape index (κ2) is 9.25. The highest BCUT2D eigenvalue weighted by atomic mass is 35.5. The molecule has 0 aliphatic heterocycles. The Labute approximate surface area is 155 Å². The number of halogens is 1. The number of hydrogen-bond donors (Lipinski definition) is 1. The summed E-state index contributed by atoms with van der Waals surface area (Å²) >= 11 is 7.26. The number of nitrogens with zero attached hydrogens (tertiary/aromatic N) is 1. The number of carbonyl (C=O) groups excluding carboxylic acids is 2. The van der Waals surface area contributed by atoms with Crippen LogP contribution in [0.1, 0.15) is 19.4 Å². The van der Waals surface area contributed by atoms with Gasteiger partial charge in [0.25, 0.3) is 5.91 Å². The van der Waals surface area contributed by atoms with Crippen LogP contribution in [0, 0.1) is 0 Å². The van der Waals surface area contributed by atoms with Gasteiger partial charge >= 0.3 is 5.97 Å². The Morgan fingerprint density at radius 1 is 1.16 bits per heavy atom. The molecule has 2 rings (SSSR count). The van der Waals surface area contributed by atoms with Gasteiger partial charge in [0, 0.05) is 16.8 Å². The van der Waals surface area contributed by atoms with Gasteiger partial charge in [-0.1, -0.05) is 11.6 Å². The van der Waals surface area contributed by atoms with E-state index in [0.717, 1.165) is 10.5 Å². The van der Waals surface area contributed by atoms with Gasteiger partial charge in [0.1, 0.15) is 5.75 Å². The fraction of sp³-hybridized carbons (Fsp3) is 0.167. The first-order valence-corrected chi connectivity index (χ1v) is 8.73. The minimum absolute atomic E-state index is 0.201. The van der Waals surface area contributed by atoms with Crippen LogP contribution in [-0.4, -0.2) is 23.3 Å². The molecule has 0 aromatic heterocycles. The molecule has 0 radical (unpaired) electrons. The molecule has 1 atom stereocenters. The zero-order valence-electron chi connectivity index (χ0n) is 13.7. The van der Waals surface area contributed by atoms with Gasteiger partial charge in [-0.15, -0.1) is 11.8 Å². The van der Waals surface area contributed by atoms with E-state index < -0.39 is 0 Å². The number of hydrogen-bond acceptors (Lipinski definition) is 5. The van der Waals surface area contributed by atoms with Gasteiger partial charge < -0.3 is 4.74 Å². The van der Waals surface area contributed by atoms with Gasteiger partial charge in [-0.05, 0) is 61.0 Å². The molecule has 0 unspecified atom stereocenters. The number of rotatable bonds is 6. The lowest BCUT2D eigenvalue weighted by Crippen LogP contribution is -2.26. The standard InChI is InChI=1S/C18H17ClN2O3S/c1-12(25-17-9-5-15(19)6-10-17)18(23)21-20-11-14-3-7-16(8-4-14)24-13(2)22/h3-12H,1-2H3,(H,21,23)/b20-11-/t12-/m1/s1. The predicted molar refractivity (Wildman–Crippen MR) is 100 cm³/mol. The summed E-state index contributed by atoms with van der Waals surface area (Å²) in [7, 11) is 0. The van der Waals surface area contributed by atoms with E-state index in [2.05, 4.69) is 10.5 Å². The highest BCUT2D eigenvalue weighted by Crippen LogP contribution is 2.24. The molecule has 0 aliphatic carbocycles. The number of benzene rings is 2. The Kier molecular flexibility index (Phi) is 7.03. The van der Waals surface area contributed by atoms with E-state index in [1.54, 1.807) is 43.3 Å². The Morgan fingerprint density at radius 3 is 2.40 bits per heavy atom. The molecular weight excluding hydrogens is 360 g/mol. The van der Waals surface area contributed by atoms with Crippen molar-refractivity contribution in [2.45, 2.75) is 24.0 Å². The zero-order valence-corrected chi connectivity index (χ0v) is 15.3. The fourth-order valence-electron chi connectivity index (χ4n) is 1.82. The average Bonchev–Trinajstić information content (AvgIpc) is 2.58. The molecule has 0 heterocycles. The van der Waals surface area contributed by atoms with Crippen LogP contribution < -0.4 is 10.2 Å². The van der Waals surface area contributed by atoms with Gasteiger partial charge in [0.05, 0.1) is 11.5 Å². The van der Waals surface area contributed by atoms with Crippen molar-refractivity contribution in [2.75, 3.05) is 0 Å². The largest absolute Gasteiger partial charge is 0.427 e. The van der Waals surface area contributed by atoms with Crippen molar-refractivity contribution in [1.29, 1.82) is 0 Å². The summed E-state index contributed by atoms with van der Waals surface area (Å²) in [5.74, 6) is -0.115. The molecule has 130 valence electrons. The molecule has 0 saturated carbocycles. The quantitative estimate of drug-likeness (QED) is 0.273. The van der Waals surface area contributed by atoms with Crippen molar-refractivity contribution in [3.05, 3.63) is 59.1 Å². The molecule has 0 bridgehead atoms. The van der Waals surface area contributed by atoms with E-state index in [-0.39, 0.29) is 17.1 Å². The van der Waals surface area contributed by atoms with Crippen molar-refractivity contribution >= 4 is 41.5 Å². The molecule has 0 aliphatic rings. The number of amides is 1. The van der Waals surface area contributed by atoms with Crippen LogP contribution in [0.3, 0.4) is 0 Å². The summed E-state index contributed by atoms with van der Waals surface area (Å²) in [5, 5.41) is 4.30. The maximum atomic E-state index is 12.1. The van der Waals surface area contributed by atoms with E-state index in [4.69, 9.17) is 16.3 Å². The van der Waals surface area contributed by atoms with Gasteiger partial charge in [-0.25, -0.2) is 5.43 Å². The first-order chi connectivity index (χ1) is 11.9. The molecule has 0 fully saturated rings. The molecule has 7 heteroatoms. The molecule has 2 aromatic carbocycles. The molecule has 1 amide bonds. The lowest BCUT2D eigenvalue weighted by Gasteiger charge is -2.09. The van der Waals surface area contributed by atoms with Crippen molar-refractivity contribution in [3.8, 4) is 5.75 Å². The molecule has 5 nitrogen and oxygen atoms in total. The molecule has 2 aromatic rings. The Balaban J connectivity index is 1.84. The van der Waals surface area contributed by atoms with Crippen LogP contribution in [0.5, 0.6) is 5.75 Å². The fourth-order valence-corrected chi connectivity index (χ4v) is 2.81. The average molecular weight is 377 g/mol. The number of carbonyl (C=O) groups is 2. The highest BCUT2D eigenvalue weighted by Gasteiger charge is 2.13. The summed E-state index contributed by atoms with van der Waals surface area (Å²) in [4.78, 5) is 23.9. The smallest absolute Gasteiger partial charge is 0.308 e. The Bertz CT molecular complexity index is 761. The van der Waals surface area contributed by atoms with Gasteiger partial charge in [0.15, 0.2) is 0 Å². The van der Waals surface area contributed by atoms with Gasteiger partial charge in [-0.2, -0.15) is 5.10 Å². The third-order valence-electron chi connectivity index (χ3n) is 3.03. The number of hydrazone groups is 1. The third kappa shape index (κ3) is 6.60. The van der Waals surface area contributed by atoms with Crippen molar-refractivity contribution in [3.63, 3.8) is 0 Å². The van der Waals surface area contributed by atoms with Gasteiger partial charge in [-0.3, -0.25) is 9.59 Å². The maximum absolute atomic E-state index is 12.1. The Morgan fingerprint density at radius 2 is 1.80 bits per heavy atom. The van der Waals surface area contributed by atoms with Crippen LogP contribution in [0.25, 0.3) is 0 Å². The van der Waals surface area contributed by atoms with Crippen molar-refractivity contribution in [1.82, 2.24) is 5.43 Å². The molecule has 0 saturated heterocycles. The third-order valence-corrected chi connectivity index (χ3v) is 4.39. The van der Waals surface area contributed by atoms with Crippen LogP contribution in [-0.2, 0) is 9.59 Å². The second-order valence-corrected chi connectivity index (χ2v) is 6.96. The van der Waals surface area contributed by atoms with Crippen LogP contribution >= 0.6 is 23.4 Å². The highest BCUT2D eigenvalue weighted by molar-refractivity contribution is 8.00. The summed E-state index contributed by atoms with van der Waals surface area (Å²) in [6.45, 7) is 3.14. The maximum Gasteiger partial charge on any atom is 0.308 e. The minimum atomic E-state index is -0.374. The second-order valence-electron chi connectivity index (χ2n) is 5.11. The summed E-state index contributed by atoms with van der Waals surface area (Å²) in [5.41, 5.74) is 3.28. The van der Waals surface area contributed by atoms with E-state index in [1.165, 1.54) is 24.9 Å². The number of ether oxygens (including phenoxy) is 1. The first-order valence-electron chi connectivity index (χ1n) is 7.47. The SMILES string of the molecule is CC(=O)Oc1ccc(/C=N\NC(=O)[C@@H](C)Sc2ccc(Cl)cc2)cc1. The molecular formula is C18H17ClN2O3S. The van der Waals surface area contributed by atoms with Crippen LogP contribution in [0.4, 0.5) is 0 Å². The zero-order chi connectivity index (χ0) is 18.2. The van der Waals surface area contributed by atoms with Crippen molar-refractivity contribution in [2.24, 2.45) is 5.10 Å². The summed E-state index contributed by atoms with van der Waals surface area (Å²) in [6, 6.07) is 14.1. The van der Waals surface area contributed by atoms with Gasteiger partial charge in [0.2, 0.25) is 0 Å². The predicted octanol–water partition coefficient (Wildman–Crippen LogP) is 3.90. The molecule has 0 spiro atoms. The Hall–Kier alpha value is -2.31. The number of esters is 1.